The molecule has 0 bridgehead atoms. The number of rotatable bonds is 5. The van der Waals surface area contributed by atoms with Gasteiger partial charge in [0.1, 0.15) is 23.5 Å². The zero-order valence-electron chi connectivity index (χ0n) is 16.5. The van der Waals surface area contributed by atoms with E-state index in [1.807, 2.05) is 48.7 Å². The summed E-state index contributed by atoms with van der Waals surface area (Å²) in [6.07, 6.45) is 0.256. The van der Waals surface area contributed by atoms with E-state index in [0.29, 0.717) is 10.0 Å². The maximum atomic E-state index is 6.45. The third kappa shape index (κ3) is 3.75. The van der Waals surface area contributed by atoms with Gasteiger partial charge in [-0.25, -0.2) is 0 Å². The fourth-order valence-electron chi connectivity index (χ4n) is 3.98. The van der Waals surface area contributed by atoms with Crippen LogP contribution in [0.2, 0.25) is 10.0 Å². The summed E-state index contributed by atoms with van der Waals surface area (Å²) in [4.78, 5) is 0. The quantitative estimate of drug-likeness (QED) is 0.548. The summed E-state index contributed by atoms with van der Waals surface area (Å²) < 4.78 is 13.9. The number of benzene rings is 2. The van der Waals surface area contributed by atoms with Crippen LogP contribution < -0.4 is 4.74 Å². The largest absolute Gasteiger partial charge is 0.485 e. The molecule has 0 amide bonds. The van der Waals surface area contributed by atoms with Crippen LogP contribution in [0.1, 0.15) is 28.9 Å². The van der Waals surface area contributed by atoms with Crippen LogP contribution in [0.5, 0.6) is 5.75 Å². The summed E-state index contributed by atoms with van der Waals surface area (Å²) in [6, 6.07) is 11.6. The topological polar surface area (TPSA) is 49.2 Å². The molecule has 1 heterocycles. The van der Waals surface area contributed by atoms with Gasteiger partial charge in [0.25, 0.3) is 0 Å². The third-order valence-electron chi connectivity index (χ3n) is 5.45. The zero-order valence-corrected chi connectivity index (χ0v) is 18.0. The molecule has 29 heavy (non-hydrogen) atoms. The SMILES string of the molecule is [CH2][C@H](OC)[C@@H]1Cc2c(Cl)cc(Cl)cc2[C@H]1Oc1ccc(-n2c(C)nnc2C)cc1. The van der Waals surface area contributed by atoms with Crippen molar-refractivity contribution in [2.24, 2.45) is 5.92 Å². The van der Waals surface area contributed by atoms with E-state index in [9.17, 15) is 0 Å². The van der Waals surface area contributed by atoms with Crippen LogP contribution in [-0.4, -0.2) is 28.0 Å². The number of hydrogen-bond acceptors (Lipinski definition) is 4. The van der Waals surface area contributed by atoms with Gasteiger partial charge in [0.05, 0.1) is 6.10 Å². The van der Waals surface area contributed by atoms with Crippen LogP contribution in [-0.2, 0) is 11.2 Å². The van der Waals surface area contributed by atoms with Crippen LogP contribution in [0.3, 0.4) is 0 Å². The first kappa shape index (κ1) is 20.2. The Kier molecular flexibility index (Phi) is 5.56. The van der Waals surface area contributed by atoms with E-state index in [4.69, 9.17) is 32.7 Å². The van der Waals surface area contributed by atoms with E-state index < -0.39 is 0 Å². The van der Waals surface area contributed by atoms with Crippen LogP contribution in [0.25, 0.3) is 5.69 Å². The second kappa shape index (κ2) is 7.98. The number of methoxy groups -OCH3 is 1. The van der Waals surface area contributed by atoms with Gasteiger partial charge in [0.2, 0.25) is 0 Å². The Morgan fingerprint density at radius 2 is 1.76 bits per heavy atom. The van der Waals surface area contributed by atoms with Crippen molar-refractivity contribution in [3.05, 3.63) is 76.1 Å². The van der Waals surface area contributed by atoms with Crippen LogP contribution >= 0.6 is 23.2 Å². The number of aromatic nitrogens is 3. The van der Waals surface area contributed by atoms with E-state index >= 15 is 0 Å². The number of nitrogens with zero attached hydrogens (tertiary/aromatic N) is 3. The van der Waals surface area contributed by atoms with Crippen molar-refractivity contribution in [2.75, 3.05) is 7.11 Å². The number of halogens is 2. The molecule has 2 aromatic carbocycles. The molecule has 7 heteroatoms. The molecule has 1 radical (unpaired) electrons. The van der Waals surface area contributed by atoms with Gasteiger partial charge < -0.3 is 9.47 Å². The van der Waals surface area contributed by atoms with Gasteiger partial charge in [-0.3, -0.25) is 4.57 Å². The standard InChI is InChI=1S/C22H22Cl2N3O2/c1-12(28-4)18-11-19-20(9-15(23)10-21(19)24)22(18)29-17-7-5-16(6-8-17)27-13(2)25-26-14(27)3/h5-10,12,18,22H,1,11H2,2-4H3/t12-,18-,22-/m0/s1. The predicted octanol–water partition coefficient (Wildman–Crippen LogP) is 5.33. The molecular weight excluding hydrogens is 409 g/mol. The van der Waals surface area contributed by atoms with Crippen LogP contribution in [0.4, 0.5) is 0 Å². The molecule has 1 aliphatic carbocycles. The summed E-state index contributed by atoms with van der Waals surface area (Å²) in [5.41, 5.74) is 3.02. The number of aryl methyl sites for hydroxylation is 2. The Labute approximate surface area is 180 Å². The van der Waals surface area contributed by atoms with E-state index in [1.54, 1.807) is 13.2 Å². The van der Waals surface area contributed by atoms with E-state index in [1.165, 1.54) is 0 Å². The molecular formula is C22H22Cl2N3O2. The van der Waals surface area contributed by atoms with Crippen LogP contribution in [0.15, 0.2) is 36.4 Å². The van der Waals surface area contributed by atoms with Crippen molar-refractivity contribution >= 4 is 23.2 Å². The summed E-state index contributed by atoms with van der Waals surface area (Å²) in [5, 5.41) is 9.47. The lowest BCUT2D eigenvalue weighted by molar-refractivity contribution is 0.0295. The maximum Gasteiger partial charge on any atom is 0.134 e. The third-order valence-corrected chi connectivity index (χ3v) is 6.01. The molecule has 1 aromatic heterocycles. The fourth-order valence-corrected chi connectivity index (χ4v) is 4.57. The second-order valence-corrected chi connectivity index (χ2v) is 8.10. The van der Waals surface area contributed by atoms with Gasteiger partial charge in [-0.15, -0.1) is 10.2 Å². The number of hydrogen-bond donors (Lipinski definition) is 0. The Morgan fingerprint density at radius 1 is 1.10 bits per heavy atom. The minimum Gasteiger partial charge on any atom is -0.485 e. The van der Waals surface area contributed by atoms with Gasteiger partial charge in [-0.2, -0.15) is 0 Å². The molecule has 0 fully saturated rings. The Bertz CT molecular complexity index is 1010. The van der Waals surface area contributed by atoms with Gasteiger partial charge in [0.15, 0.2) is 0 Å². The average Bonchev–Trinajstić information content (AvgIpc) is 3.22. The Morgan fingerprint density at radius 3 is 2.38 bits per heavy atom. The average molecular weight is 431 g/mol. The molecule has 0 saturated heterocycles. The zero-order chi connectivity index (χ0) is 20.7. The van der Waals surface area contributed by atoms with Crippen LogP contribution in [0, 0.1) is 26.7 Å². The molecule has 0 unspecified atom stereocenters. The summed E-state index contributed by atoms with van der Waals surface area (Å²) in [6.45, 7) is 7.99. The van der Waals surface area contributed by atoms with Gasteiger partial charge in [-0.1, -0.05) is 23.2 Å². The number of fused-ring (bicyclic) bond motifs is 1. The van der Waals surface area contributed by atoms with E-state index in [0.717, 1.165) is 40.6 Å². The molecule has 151 valence electrons. The van der Waals surface area contributed by atoms with Gasteiger partial charge >= 0.3 is 0 Å². The van der Waals surface area contributed by atoms with Crippen molar-refractivity contribution < 1.29 is 9.47 Å². The highest BCUT2D eigenvalue weighted by Crippen LogP contribution is 2.45. The summed E-state index contributed by atoms with van der Waals surface area (Å²) >= 11 is 12.7. The monoisotopic (exact) mass is 430 g/mol. The molecule has 3 atom stereocenters. The van der Waals surface area contributed by atoms with Crippen molar-refractivity contribution in [1.29, 1.82) is 0 Å². The first-order valence-electron chi connectivity index (χ1n) is 9.38. The molecule has 0 saturated carbocycles. The lowest BCUT2D eigenvalue weighted by atomic mass is 9.97. The van der Waals surface area contributed by atoms with Gasteiger partial charge in [0, 0.05) is 28.8 Å². The highest BCUT2D eigenvalue weighted by Gasteiger charge is 2.39. The molecule has 1 aliphatic rings. The van der Waals surface area contributed by atoms with Crippen molar-refractivity contribution in [2.45, 2.75) is 32.5 Å². The van der Waals surface area contributed by atoms with Gasteiger partial charge in [-0.05, 0) is 74.7 Å². The fraction of sp³-hybridized carbons (Fsp3) is 0.318. The Hall–Kier alpha value is -2.08. The van der Waals surface area contributed by atoms with E-state index in [-0.39, 0.29) is 18.1 Å². The molecule has 0 spiro atoms. The lowest BCUT2D eigenvalue weighted by Gasteiger charge is -2.26. The molecule has 5 nitrogen and oxygen atoms in total. The summed E-state index contributed by atoms with van der Waals surface area (Å²) in [5.74, 6) is 2.46. The highest BCUT2D eigenvalue weighted by atomic mass is 35.5. The minimum absolute atomic E-state index is 0.0352. The van der Waals surface area contributed by atoms with Crippen molar-refractivity contribution in [3.8, 4) is 11.4 Å². The van der Waals surface area contributed by atoms with Crippen molar-refractivity contribution in [1.82, 2.24) is 14.8 Å². The maximum absolute atomic E-state index is 6.45. The van der Waals surface area contributed by atoms with Crippen molar-refractivity contribution in [3.63, 3.8) is 0 Å². The number of ether oxygens (including phenoxy) is 2. The second-order valence-electron chi connectivity index (χ2n) is 7.26. The minimum atomic E-state index is -0.243. The Balaban J connectivity index is 1.65. The predicted molar refractivity (Wildman–Crippen MR) is 114 cm³/mol. The molecule has 0 N–H and O–H groups in total. The summed E-state index contributed by atoms with van der Waals surface area (Å²) in [7, 11) is 1.66. The molecule has 4 rings (SSSR count). The first-order chi connectivity index (χ1) is 13.9. The van der Waals surface area contributed by atoms with E-state index in [2.05, 4.69) is 17.1 Å². The molecule has 3 aromatic rings. The molecule has 0 aliphatic heterocycles. The first-order valence-corrected chi connectivity index (χ1v) is 10.1. The normalized spacial score (nSPS) is 19.2. The smallest absolute Gasteiger partial charge is 0.134 e. The lowest BCUT2D eigenvalue weighted by Crippen LogP contribution is -2.26. The highest BCUT2D eigenvalue weighted by molar-refractivity contribution is 6.35.